The van der Waals surface area contributed by atoms with E-state index in [2.05, 4.69) is 20.0 Å². The lowest BCUT2D eigenvalue weighted by molar-refractivity contribution is -0.149. The molecule has 0 spiro atoms. The van der Waals surface area contributed by atoms with Crippen LogP contribution in [0, 0.1) is 0 Å². The van der Waals surface area contributed by atoms with Crippen LogP contribution in [0.25, 0.3) is 11.2 Å². The first kappa shape index (κ1) is 24.1. The van der Waals surface area contributed by atoms with Crippen molar-refractivity contribution in [3.05, 3.63) is 11.6 Å². The van der Waals surface area contributed by atoms with Gasteiger partial charge in [-0.2, -0.15) is 9.97 Å². The second-order valence-corrected chi connectivity index (χ2v) is 10.0. The van der Waals surface area contributed by atoms with E-state index in [1.165, 1.54) is 17.8 Å². The maximum atomic E-state index is 14.9. The summed E-state index contributed by atoms with van der Waals surface area (Å²) in [5.74, 6) is -0.509. The molecule has 2 aromatic rings. The van der Waals surface area contributed by atoms with Gasteiger partial charge in [0.15, 0.2) is 17.6 Å². The Morgan fingerprint density at radius 3 is 2.87 bits per heavy atom. The van der Waals surface area contributed by atoms with Crippen molar-refractivity contribution in [1.29, 1.82) is 0 Å². The molecule has 3 rings (SSSR count). The Morgan fingerprint density at radius 1 is 1.48 bits per heavy atom. The number of carbonyl (C=O) groups is 1. The number of thioether (sulfide) groups is 1. The second-order valence-electron chi connectivity index (χ2n) is 7.15. The lowest BCUT2D eigenvalue weighted by Gasteiger charge is -2.17. The number of aliphatic hydroxyl groups is 1. The molecule has 4 N–H and O–H groups in total. The molecule has 1 fully saturated rings. The number of nitrogens with one attached hydrogen (secondary N) is 1. The fourth-order valence-electron chi connectivity index (χ4n) is 2.93. The number of nitrogen functional groups attached to an aromatic ring is 1. The zero-order valence-electron chi connectivity index (χ0n) is 16.9. The monoisotopic (exact) mass is 496 g/mol. The quantitative estimate of drug-likeness (QED) is 0.278. The smallest absolute Gasteiger partial charge is 0.323 e. The van der Waals surface area contributed by atoms with Crippen molar-refractivity contribution in [1.82, 2.24) is 24.6 Å². The summed E-state index contributed by atoms with van der Waals surface area (Å²) in [5.41, 5.74) is 6.28. The average Bonchev–Trinajstić information content (AvgIpc) is 3.21. The van der Waals surface area contributed by atoms with Crippen LogP contribution in [0.3, 0.4) is 0 Å². The van der Waals surface area contributed by atoms with Crippen molar-refractivity contribution >= 4 is 54.5 Å². The number of nitrogens with two attached hydrogens (primary N) is 1. The Hall–Kier alpha value is -1.50. The summed E-state index contributed by atoms with van der Waals surface area (Å²) < 4.78 is 38.7. The molecule has 0 bridgehead atoms. The van der Waals surface area contributed by atoms with Gasteiger partial charge in [0.2, 0.25) is 5.28 Å². The van der Waals surface area contributed by atoms with Gasteiger partial charge in [-0.3, -0.25) is 13.9 Å². The predicted molar refractivity (Wildman–Crippen MR) is 115 cm³/mol. The second kappa shape index (κ2) is 9.97. The van der Waals surface area contributed by atoms with Gasteiger partial charge in [0, 0.05) is 0 Å². The van der Waals surface area contributed by atoms with Crippen LogP contribution < -0.4 is 10.8 Å². The summed E-state index contributed by atoms with van der Waals surface area (Å²) in [6.07, 6.45) is -2.03. The van der Waals surface area contributed by atoms with Gasteiger partial charge in [0.25, 0.3) is 8.18 Å². The molecule has 1 unspecified atom stereocenters. The van der Waals surface area contributed by atoms with Crippen LogP contribution in [0.2, 0.25) is 5.28 Å². The van der Waals surface area contributed by atoms with Gasteiger partial charge in [0.1, 0.15) is 23.0 Å². The number of rotatable bonds is 8. The Kier molecular flexibility index (Phi) is 7.76. The molecule has 0 aliphatic carbocycles. The predicted octanol–water partition coefficient (Wildman–Crippen LogP) is 1.71. The van der Waals surface area contributed by atoms with Crippen molar-refractivity contribution in [3.63, 3.8) is 0 Å². The fraction of sp³-hybridized carbons (Fsp3) is 0.625. The van der Waals surface area contributed by atoms with E-state index in [4.69, 9.17) is 26.6 Å². The molecule has 15 heteroatoms. The molecule has 0 radical (unpaired) electrons. The average molecular weight is 497 g/mol. The van der Waals surface area contributed by atoms with E-state index >= 15 is 0 Å². The number of hydrogen-bond donors (Lipinski definition) is 3. The Balaban J connectivity index is 1.63. The van der Waals surface area contributed by atoms with E-state index in [0.717, 1.165) is 11.8 Å². The van der Waals surface area contributed by atoms with Crippen LogP contribution in [0.4, 0.5) is 10.2 Å². The SMILES string of the molecule is CC(C)OC(=O)[C@H](C)N[PH](=O)OC[C@H]1S[C@@H](n2cnc3c(N)nc(Cl)nc32)[C@@H](F)[C@@H]1O. The molecule has 1 saturated heterocycles. The molecule has 2 aromatic heterocycles. The Bertz CT molecular complexity index is 983. The van der Waals surface area contributed by atoms with Crippen molar-refractivity contribution in [2.45, 2.75) is 55.8 Å². The summed E-state index contributed by atoms with van der Waals surface area (Å²) in [6.45, 7) is 4.69. The Morgan fingerprint density at radius 2 is 2.19 bits per heavy atom. The van der Waals surface area contributed by atoms with Crippen molar-refractivity contribution in [2.24, 2.45) is 0 Å². The molecule has 0 aromatic carbocycles. The molecule has 11 nitrogen and oxygen atoms in total. The number of ether oxygens (including phenoxy) is 1. The summed E-state index contributed by atoms with van der Waals surface area (Å²) in [7, 11) is -2.83. The number of aliphatic hydroxyl groups excluding tert-OH is 1. The maximum Gasteiger partial charge on any atom is 0.323 e. The number of anilines is 1. The minimum atomic E-state index is -2.83. The first-order valence-electron chi connectivity index (χ1n) is 9.35. The number of carbonyl (C=O) groups excluding carboxylic acids is 1. The number of esters is 1. The molecule has 1 aliphatic heterocycles. The van der Waals surface area contributed by atoms with Crippen molar-refractivity contribution in [3.8, 4) is 0 Å². The van der Waals surface area contributed by atoms with Gasteiger partial charge in [-0.05, 0) is 32.4 Å². The zero-order chi connectivity index (χ0) is 22.9. The van der Waals surface area contributed by atoms with E-state index in [1.54, 1.807) is 13.8 Å². The summed E-state index contributed by atoms with van der Waals surface area (Å²) in [4.78, 5) is 23.7. The summed E-state index contributed by atoms with van der Waals surface area (Å²) in [6, 6.07) is -0.844. The minimum Gasteiger partial charge on any atom is -0.462 e. The first-order chi connectivity index (χ1) is 14.6. The maximum absolute atomic E-state index is 14.9. The van der Waals surface area contributed by atoms with E-state index in [1.807, 2.05) is 0 Å². The van der Waals surface area contributed by atoms with Crippen LogP contribution in [0.5, 0.6) is 0 Å². The van der Waals surface area contributed by atoms with Crippen LogP contribution in [0.1, 0.15) is 26.1 Å². The van der Waals surface area contributed by atoms with Crippen LogP contribution >= 0.6 is 31.5 Å². The van der Waals surface area contributed by atoms with E-state index in [0.29, 0.717) is 0 Å². The van der Waals surface area contributed by atoms with Gasteiger partial charge < -0.3 is 20.1 Å². The van der Waals surface area contributed by atoms with Crippen molar-refractivity contribution in [2.75, 3.05) is 12.3 Å². The third kappa shape index (κ3) is 5.47. The van der Waals surface area contributed by atoms with Gasteiger partial charge in [-0.25, -0.2) is 14.5 Å². The number of nitrogens with zero attached hydrogens (tertiary/aromatic N) is 4. The van der Waals surface area contributed by atoms with E-state index in [-0.39, 0.29) is 35.0 Å². The molecule has 0 saturated carbocycles. The highest BCUT2D eigenvalue weighted by atomic mass is 35.5. The highest BCUT2D eigenvalue weighted by Gasteiger charge is 2.45. The third-order valence-electron chi connectivity index (χ3n) is 4.41. The topological polar surface area (TPSA) is 154 Å². The number of fused-ring (bicyclic) bond motifs is 1. The van der Waals surface area contributed by atoms with Gasteiger partial charge in [-0.1, -0.05) is 0 Å². The van der Waals surface area contributed by atoms with Crippen LogP contribution in [0.15, 0.2) is 6.33 Å². The fourth-order valence-corrected chi connectivity index (χ4v) is 5.52. The third-order valence-corrected chi connectivity index (χ3v) is 7.20. The van der Waals surface area contributed by atoms with Crippen LogP contribution in [-0.4, -0.2) is 66.9 Å². The molecule has 3 heterocycles. The largest absolute Gasteiger partial charge is 0.462 e. The lowest BCUT2D eigenvalue weighted by Crippen LogP contribution is -2.33. The number of alkyl halides is 1. The zero-order valence-corrected chi connectivity index (χ0v) is 19.4. The summed E-state index contributed by atoms with van der Waals surface area (Å²) in [5, 5.41) is 11.1. The number of aromatic nitrogens is 4. The standard InChI is InChI=1S/C16H23ClFN6O5PS/c1-6(2)29-15(26)7(3)23-30(27)28-4-8-11(25)9(18)14(31-8)24-5-20-10-12(19)21-16(17)22-13(10)24/h5-9,11,14,25,30H,4H2,1-3H3,(H,23,27)(H2,19,21,22)/t7-,8+,9-,11+,14+/m0/s1. The van der Waals surface area contributed by atoms with Gasteiger partial charge in [0.05, 0.1) is 24.3 Å². The van der Waals surface area contributed by atoms with Crippen LogP contribution in [-0.2, 0) is 18.6 Å². The Labute approximate surface area is 187 Å². The van der Waals surface area contributed by atoms with Gasteiger partial charge in [-0.15, -0.1) is 11.8 Å². The summed E-state index contributed by atoms with van der Waals surface area (Å²) >= 11 is 6.92. The minimum absolute atomic E-state index is 0.0578. The molecular formula is C16H23ClFN6O5PS. The number of halogens is 2. The van der Waals surface area contributed by atoms with E-state index in [9.17, 15) is 18.9 Å². The highest BCUT2D eigenvalue weighted by molar-refractivity contribution is 8.00. The first-order valence-corrected chi connectivity index (χ1v) is 12.0. The van der Waals surface area contributed by atoms with E-state index < -0.39 is 43.1 Å². The number of hydrogen-bond acceptors (Lipinski definition) is 10. The molecule has 31 heavy (non-hydrogen) atoms. The molecule has 172 valence electrons. The number of imidazole rings is 1. The highest BCUT2D eigenvalue weighted by Crippen LogP contribution is 2.45. The molecule has 0 amide bonds. The molecular weight excluding hydrogens is 474 g/mol. The normalized spacial score (nSPS) is 25.8. The van der Waals surface area contributed by atoms with Crippen molar-refractivity contribution < 1.29 is 28.1 Å². The molecule has 1 aliphatic rings. The molecule has 6 atom stereocenters. The van der Waals surface area contributed by atoms with Gasteiger partial charge >= 0.3 is 5.97 Å². The lowest BCUT2D eigenvalue weighted by atomic mass is 10.1.